The molecule has 0 bridgehead atoms. The average Bonchev–Trinajstić information content (AvgIpc) is 2.55. The molecule has 2 N–H and O–H groups in total. The number of amides is 1. The third-order valence-corrected chi connectivity index (χ3v) is 4.15. The molecule has 0 aliphatic heterocycles. The van der Waals surface area contributed by atoms with Gasteiger partial charge in [0, 0.05) is 11.3 Å². The average molecular weight is 324 g/mol. The Labute approximate surface area is 143 Å². The molecule has 0 aromatic heterocycles. The van der Waals surface area contributed by atoms with E-state index in [4.69, 9.17) is 0 Å². The van der Waals surface area contributed by atoms with Crippen LogP contribution in [0.25, 0.3) is 0 Å². The van der Waals surface area contributed by atoms with E-state index in [1.54, 1.807) is 24.3 Å². The molecule has 0 heterocycles. The Morgan fingerprint density at radius 3 is 2.25 bits per heavy atom. The first-order valence-electron chi connectivity index (χ1n) is 8.08. The normalized spacial score (nSPS) is 11.7. The van der Waals surface area contributed by atoms with Gasteiger partial charge in [0.15, 0.2) is 5.78 Å². The quantitative estimate of drug-likeness (QED) is 0.795. The summed E-state index contributed by atoms with van der Waals surface area (Å²) in [6.45, 7) is 7.84. The van der Waals surface area contributed by atoms with Gasteiger partial charge in [-0.3, -0.25) is 9.59 Å². The number of hydrogen-bond donors (Lipinski definition) is 2. The molecule has 0 saturated carbocycles. The van der Waals surface area contributed by atoms with E-state index in [1.165, 1.54) is 18.1 Å². The van der Waals surface area contributed by atoms with Crippen LogP contribution in [0.15, 0.2) is 42.5 Å². The molecule has 0 aliphatic rings. The minimum absolute atomic E-state index is 0.0292. The monoisotopic (exact) mass is 324 g/mol. The summed E-state index contributed by atoms with van der Waals surface area (Å²) in [4.78, 5) is 23.3. The number of nitrogens with one attached hydrogen (secondary N) is 2. The van der Waals surface area contributed by atoms with E-state index in [2.05, 4.69) is 36.6 Å². The number of anilines is 1. The van der Waals surface area contributed by atoms with Crippen LogP contribution in [0, 0.1) is 13.8 Å². The SMILES string of the molecule is CC(=O)c1ccc(NCC(=O)N[C@@H](C)c2ccc(C)c(C)c2)cc1. The van der Waals surface area contributed by atoms with Crippen LogP contribution >= 0.6 is 0 Å². The van der Waals surface area contributed by atoms with Crippen LogP contribution in [0.2, 0.25) is 0 Å². The van der Waals surface area contributed by atoms with Gasteiger partial charge in [-0.05, 0) is 68.7 Å². The molecule has 2 rings (SSSR count). The van der Waals surface area contributed by atoms with Crippen LogP contribution in [0.4, 0.5) is 5.69 Å². The summed E-state index contributed by atoms with van der Waals surface area (Å²) in [6, 6.07) is 13.3. The van der Waals surface area contributed by atoms with Gasteiger partial charge in [0.2, 0.25) is 5.91 Å². The van der Waals surface area contributed by atoms with Crippen molar-refractivity contribution in [1.29, 1.82) is 0 Å². The van der Waals surface area contributed by atoms with E-state index < -0.39 is 0 Å². The Hall–Kier alpha value is -2.62. The second kappa shape index (κ2) is 7.77. The van der Waals surface area contributed by atoms with Gasteiger partial charge in [0.05, 0.1) is 12.6 Å². The molecule has 4 nitrogen and oxygen atoms in total. The molecule has 24 heavy (non-hydrogen) atoms. The van der Waals surface area contributed by atoms with E-state index in [0.29, 0.717) is 5.56 Å². The van der Waals surface area contributed by atoms with Gasteiger partial charge in [-0.15, -0.1) is 0 Å². The zero-order valence-electron chi connectivity index (χ0n) is 14.6. The van der Waals surface area contributed by atoms with Gasteiger partial charge in [-0.1, -0.05) is 18.2 Å². The maximum Gasteiger partial charge on any atom is 0.239 e. The van der Waals surface area contributed by atoms with Crippen LogP contribution in [0.5, 0.6) is 0 Å². The minimum Gasteiger partial charge on any atom is -0.376 e. The molecule has 2 aromatic carbocycles. The van der Waals surface area contributed by atoms with Crippen molar-refractivity contribution in [2.24, 2.45) is 0 Å². The third kappa shape index (κ3) is 4.69. The first kappa shape index (κ1) is 17.7. The highest BCUT2D eigenvalue weighted by Gasteiger charge is 2.10. The van der Waals surface area contributed by atoms with Crippen LogP contribution in [0.1, 0.15) is 46.9 Å². The first-order chi connectivity index (χ1) is 11.4. The summed E-state index contributed by atoms with van der Waals surface area (Å²) in [6.07, 6.45) is 0. The van der Waals surface area contributed by atoms with E-state index in [0.717, 1.165) is 11.3 Å². The third-order valence-electron chi connectivity index (χ3n) is 4.15. The lowest BCUT2D eigenvalue weighted by Gasteiger charge is -2.16. The number of ketones is 1. The fourth-order valence-corrected chi connectivity index (χ4v) is 2.41. The number of aryl methyl sites for hydroxylation is 2. The van der Waals surface area contributed by atoms with Gasteiger partial charge >= 0.3 is 0 Å². The van der Waals surface area contributed by atoms with Crippen LogP contribution in [0.3, 0.4) is 0 Å². The first-order valence-corrected chi connectivity index (χ1v) is 8.08. The summed E-state index contributed by atoms with van der Waals surface area (Å²) in [5, 5.41) is 6.05. The number of Topliss-reactive ketones (excluding diaryl/α,β-unsaturated/α-hetero) is 1. The fraction of sp³-hybridized carbons (Fsp3) is 0.300. The van der Waals surface area contributed by atoms with Crippen molar-refractivity contribution in [3.63, 3.8) is 0 Å². The lowest BCUT2D eigenvalue weighted by Crippen LogP contribution is -2.32. The van der Waals surface area contributed by atoms with E-state index in [9.17, 15) is 9.59 Å². The van der Waals surface area contributed by atoms with Crippen molar-refractivity contribution in [1.82, 2.24) is 5.32 Å². The maximum atomic E-state index is 12.1. The zero-order chi connectivity index (χ0) is 17.7. The second-order valence-electron chi connectivity index (χ2n) is 6.12. The number of carbonyl (C=O) groups is 2. The van der Waals surface area contributed by atoms with Gasteiger partial charge in [0.25, 0.3) is 0 Å². The number of hydrogen-bond acceptors (Lipinski definition) is 3. The summed E-state index contributed by atoms with van der Waals surface area (Å²) in [5.74, 6) is -0.0436. The molecule has 1 amide bonds. The van der Waals surface area contributed by atoms with E-state index in [-0.39, 0.29) is 24.3 Å². The molecule has 1 atom stereocenters. The topological polar surface area (TPSA) is 58.2 Å². The van der Waals surface area contributed by atoms with Gasteiger partial charge in [0.1, 0.15) is 0 Å². The smallest absolute Gasteiger partial charge is 0.239 e. The lowest BCUT2D eigenvalue weighted by molar-refractivity contribution is -0.120. The largest absolute Gasteiger partial charge is 0.376 e. The van der Waals surface area contributed by atoms with Crippen molar-refractivity contribution < 1.29 is 9.59 Å². The van der Waals surface area contributed by atoms with Crippen molar-refractivity contribution >= 4 is 17.4 Å². The fourth-order valence-electron chi connectivity index (χ4n) is 2.41. The van der Waals surface area contributed by atoms with Crippen LogP contribution < -0.4 is 10.6 Å². The predicted molar refractivity (Wildman–Crippen MR) is 97.4 cm³/mol. The van der Waals surface area contributed by atoms with Gasteiger partial charge in [-0.25, -0.2) is 0 Å². The molecule has 0 saturated heterocycles. The summed E-state index contributed by atoms with van der Waals surface area (Å²) in [5.41, 5.74) is 5.03. The molecule has 0 unspecified atom stereocenters. The molecule has 0 fully saturated rings. The van der Waals surface area contributed by atoms with Crippen molar-refractivity contribution in [3.05, 3.63) is 64.7 Å². The van der Waals surface area contributed by atoms with Gasteiger partial charge in [-0.2, -0.15) is 0 Å². The second-order valence-corrected chi connectivity index (χ2v) is 6.12. The Bertz CT molecular complexity index is 736. The molecule has 0 aliphatic carbocycles. The molecular weight excluding hydrogens is 300 g/mol. The Morgan fingerprint density at radius 1 is 1.00 bits per heavy atom. The van der Waals surface area contributed by atoms with Crippen molar-refractivity contribution in [3.8, 4) is 0 Å². The highest BCUT2D eigenvalue weighted by atomic mass is 16.2. The molecule has 4 heteroatoms. The Kier molecular flexibility index (Phi) is 5.74. The molecule has 0 radical (unpaired) electrons. The van der Waals surface area contributed by atoms with Crippen molar-refractivity contribution in [2.75, 3.05) is 11.9 Å². The number of rotatable bonds is 6. The highest BCUT2D eigenvalue weighted by molar-refractivity contribution is 5.94. The molecular formula is C20H24N2O2. The number of carbonyl (C=O) groups excluding carboxylic acids is 2. The Morgan fingerprint density at radius 2 is 1.67 bits per heavy atom. The van der Waals surface area contributed by atoms with E-state index >= 15 is 0 Å². The standard InChI is InChI=1S/C20H24N2O2/c1-13-5-6-18(11-14(13)2)15(3)22-20(24)12-21-19-9-7-17(8-10-19)16(4)23/h5-11,15,21H,12H2,1-4H3,(H,22,24)/t15-/m0/s1. The summed E-state index contributed by atoms with van der Waals surface area (Å²) < 4.78 is 0. The Balaban J connectivity index is 1.88. The zero-order valence-corrected chi connectivity index (χ0v) is 14.6. The minimum atomic E-state index is -0.0728. The number of benzene rings is 2. The molecule has 0 spiro atoms. The molecule has 2 aromatic rings. The van der Waals surface area contributed by atoms with Crippen LogP contribution in [-0.4, -0.2) is 18.2 Å². The predicted octanol–water partition coefficient (Wildman–Crippen LogP) is 3.80. The summed E-state index contributed by atoms with van der Waals surface area (Å²) in [7, 11) is 0. The van der Waals surface area contributed by atoms with E-state index in [1.807, 2.05) is 13.0 Å². The van der Waals surface area contributed by atoms with Crippen molar-refractivity contribution in [2.45, 2.75) is 33.7 Å². The molecule has 126 valence electrons. The lowest BCUT2D eigenvalue weighted by atomic mass is 10.0. The van der Waals surface area contributed by atoms with Crippen LogP contribution in [-0.2, 0) is 4.79 Å². The van der Waals surface area contributed by atoms with Gasteiger partial charge < -0.3 is 10.6 Å². The highest BCUT2D eigenvalue weighted by Crippen LogP contribution is 2.16. The summed E-state index contributed by atoms with van der Waals surface area (Å²) >= 11 is 0. The maximum absolute atomic E-state index is 12.1.